The Balaban J connectivity index is 2.33. The van der Waals surface area contributed by atoms with Gasteiger partial charge in [0, 0.05) is 19.6 Å². The Hall–Kier alpha value is -0.910. The minimum atomic E-state index is -3.38. The molecule has 5 heteroatoms. The van der Waals surface area contributed by atoms with Gasteiger partial charge in [-0.2, -0.15) is 4.31 Å². The van der Waals surface area contributed by atoms with Crippen molar-refractivity contribution in [3.63, 3.8) is 0 Å². The molecule has 2 rings (SSSR count). The van der Waals surface area contributed by atoms with Gasteiger partial charge in [-0.1, -0.05) is 31.0 Å². The second kappa shape index (κ2) is 6.03. The van der Waals surface area contributed by atoms with Gasteiger partial charge in [-0.15, -0.1) is 0 Å². The zero-order valence-corrected chi connectivity index (χ0v) is 12.4. The largest absolute Gasteiger partial charge is 0.316 e. The van der Waals surface area contributed by atoms with Gasteiger partial charge < -0.3 is 5.32 Å². The minimum Gasteiger partial charge on any atom is -0.316 e. The standard InChI is InChI=1S/C14H22N2O2S/c1-15-11-12-7-3-6-10-14(12)19(17,18)16(2)13-8-4-5-9-13/h3,6-7,10,13,15H,4-5,8-9,11H2,1-2H3. The molecule has 1 aromatic carbocycles. The van der Waals surface area contributed by atoms with Gasteiger partial charge in [-0.25, -0.2) is 8.42 Å². The van der Waals surface area contributed by atoms with E-state index in [-0.39, 0.29) is 6.04 Å². The highest BCUT2D eigenvalue weighted by Gasteiger charge is 2.31. The van der Waals surface area contributed by atoms with E-state index in [4.69, 9.17) is 0 Å². The summed E-state index contributed by atoms with van der Waals surface area (Å²) in [4.78, 5) is 0.429. The summed E-state index contributed by atoms with van der Waals surface area (Å²) in [5.74, 6) is 0. The SMILES string of the molecule is CNCc1ccccc1S(=O)(=O)N(C)C1CCCC1. The summed E-state index contributed by atoms with van der Waals surface area (Å²) >= 11 is 0. The first-order valence-electron chi connectivity index (χ1n) is 6.78. The molecule has 0 atom stereocenters. The maximum Gasteiger partial charge on any atom is 0.243 e. The van der Waals surface area contributed by atoms with Crippen LogP contribution in [0.15, 0.2) is 29.2 Å². The predicted octanol–water partition coefficient (Wildman–Crippen LogP) is 1.97. The molecule has 106 valence electrons. The Kier molecular flexibility index (Phi) is 4.60. The van der Waals surface area contributed by atoms with Gasteiger partial charge >= 0.3 is 0 Å². The number of benzene rings is 1. The van der Waals surface area contributed by atoms with E-state index in [1.165, 1.54) is 0 Å². The molecule has 1 N–H and O–H groups in total. The normalized spacial score (nSPS) is 17.2. The molecule has 0 radical (unpaired) electrons. The number of hydrogen-bond donors (Lipinski definition) is 1. The molecule has 1 aromatic rings. The lowest BCUT2D eigenvalue weighted by Crippen LogP contribution is -2.35. The molecule has 1 aliphatic rings. The van der Waals surface area contributed by atoms with Crippen molar-refractivity contribution in [2.75, 3.05) is 14.1 Å². The van der Waals surface area contributed by atoms with E-state index in [0.717, 1.165) is 31.2 Å². The fourth-order valence-corrected chi connectivity index (χ4v) is 4.35. The van der Waals surface area contributed by atoms with Gasteiger partial charge in [-0.3, -0.25) is 0 Å². The van der Waals surface area contributed by atoms with Crippen molar-refractivity contribution in [3.8, 4) is 0 Å². The van der Waals surface area contributed by atoms with Gasteiger partial charge in [0.2, 0.25) is 10.0 Å². The van der Waals surface area contributed by atoms with Crippen molar-refractivity contribution in [2.24, 2.45) is 0 Å². The van der Waals surface area contributed by atoms with Crippen molar-refractivity contribution < 1.29 is 8.42 Å². The molecule has 1 saturated carbocycles. The molecule has 0 amide bonds. The maximum atomic E-state index is 12.7. The molecule has 0 spiro atoms. The molecule has 1 fully saturated rings. The number of rotatable bonds is 5. The summed E-state index contributed by atoms with van der Waals surface area (Å²) in [6, 6.07) is 7.39. The van der Waals surface area contributed by atoms with Gasteiger partial charge in [0.25, 0.3) is 0 Å². The van der Waals surface area contributed by atoms with E-state index < -0.39 is 10.0 Å². The lowest BCUT2D eigenvalue weighted by atomic mass is 10.2. The molecular weight excluding hydrogens is 260 g/mol. The highest BCUT2D eigenvalue weighted by atomic mass is 32.2. The van der Waals surface area contributed by atoms with Crippen LogP contribution < -0.4 is 5.32 Å². The van der Waals surface area contributed by atoms with Crippen molar-refractivity contribution in [2.45, 2.75) is 43.2 Å². The number of hydrogen-bond acceptors (Lipinski definition) is 3. The van der Waals surface area contributed by atoms with E-state index in [9.17, 15) is 8.42 Å². The molecule has 0 saturated heterocycles. The summed E-state index contributed by atoms with van der Waals surface area (Å²) in [7, 11) is 0.151. The quantitative estimate of drug-likeness (QED) is 0.898. The van der Waals surface area contributed by atoms with E-state index in [2.05, 4.69) is 5.32 Å². The first kappa shape index (κ1) is 14.5. The highest BCUT2D eigenvalue weighted by molar-refractivity contribution is 7.89. The van der Waals surface area contributed by atoms with Gasteiger partial charge in [-0.05, 0) is 31.5 Å². The lowest BCUT2D eigenvalue weighted by Gasteiger charge is -2.24. The van der Waals surface area contributed by atoms with Crippen LogP contribution in [0.4, 0.5) is 0 Å². The summed E-state index contributed by atoms with van der Waals surface area (Å²) < 4.78 is 27.0. The average Bonchev–Trinajstić information content (AvgIpc) is 2.92. The first-order valence-corrected chi connectivity index (χ1v) is 8.22. The highest BCUT2D eigenvalue weighted by Crippen LogP contribution is 2.28. The molecular formula is C14H22N2O2S. The molecule has 0 heterocycles. The van der Waals surface area contributed by atoms with Crippen LogP contribution in [0.5, 0.6) is 0 Å². The van der Waals surface area contributed by atoms with Gasteiger partial charge in [0.15, 0.2) is 0 Å². The Bertz CT molecular complexity index is 522. The third-order valence-electron chi connectivity index (χ3n) is 3.84. The van der Waals surface area contributed by atoms with Crippen LogP contribution in [0.3, 0.4) is 0 Å². The van der Waals surface area contributed by atoms with Crippen LogP contribution in [0.2, 0.25) is 0 Å². The summed E-state index contributed by atoms with van der Waals surface area (Å²) in [5.41, 5.74) is 0.829. The van der Waals surface area contributed by atoms with Gasteiger partial charge in [0.1, 0.15) is 0 Å². The third-order valence-corrected chi connectivity index (χ3v) is 5.85. The zero-order chi connectivity index (χ0) is 13.9. The fourth-order valence-electron chi connectivity index (χ4n) is 2.71. The Morgan fingerprint density at radius 3 is 2.53 bits per heavy atom. The molecule has 4 nitrogen and oxygen atoms in total. The second-order valence-corrected chi connectivity index (χ2v) is 7.06. The van der Waals surface area contributed by atoms with E-state index >= 15 is 0 Å². The Morgan fingerprint density at radius 2 is 1.89 bits per heavy atom. The minimum absolute atomic E-state index is 0.160. The molecule has 0 aromatic heterocycles. The number of nitrogens with zero attached hydrogens (tertiary/aromatic N) is 1. The topological polar surface area (TPSA) is 49.4 Å². The molecule has 1 aliphatic carbocycles. The van der Waals surface area contributed by atoms with E-state index in [1.54, 1.807) is 23.5 Å². The molecule has 0 bridgehead atoms. The van der Waals surface area contributed by atoms with Crippen LogP contribution in [0, 0.1) is 0 Å². The average molecular weight is 282 g/mol. The van der Waals surface area contributed by atoms with Crippen LogP contribution in [0.1, 0.15) is 31.2 Å². The predicted molar refractivity (Wildman–Crippen MR) is 76.4 cm³/mol. The van der Waals surface area contributed by atoms with Gasteiger partial charge in [0.05, 0.1) is 4.90 Å². The van der Waals surface area contributed by atoms with Crippen molar-refractivity contribution >= 4 is 10.0 Å². The fraction of sp³-hybridized carbons (Fsp3) is 0.571. The van der Waals surface area contributed by atoms with Crippen LogP contribution in [0.25, 0.3) is 0 Å². The van der Waals surface area contributed by atoms with Crippen molar-refractivity contribution in [3.05, 3.63) is 29.8 Å². The van der Waals surface area contributed by atoms with Crippen LogP contribution in [-0.4, -0.2) is 32.9 Å². The van der Waals surface area contributed by atoms with E-state index in [1.807, 2.05) is 19.2 Å². The zero-order valence-electron chi connectivity index (χ0n) is 11.6. The van der Waals surface area contributed by atoms with Crippen LogP contribution >= 0.6 is 0 Å². The van der Waals surface area contributed by atoms with Crippen molar-refractivity contribution in [1.82, 2.24) is 9.62 Å². The molecule has 19 heavy (non-hydrogen) atoms. The summed E-state index contributed by atoms with van der Waals surface area (Å²) in [6.07, 6.45) is 4.21. The molecule has 0 aliphatic heterocycles. The van der Waals surface area contributed by atoms with Crippen molar-refractivity contribution in [1.29, 1.82) is 0 Å². The summed E-state index contributed by atoms with van der Waals surface area (Å²) in [6.45, 7) is 0.563. The first-order chi connectivity index (χ1) is 9.07. The lowest BCUT2D eigenvalue weighted by molar-refractivity contribution is 0.372. The monoisotopic (exact) mass is 282 g/mol. The number of nitrogens with one attached hydrogen (secondary N) is 1. The second-order valence-electron chi connectivity index (χ2n) is 5.10. The third kappa shape index (κ3) is 2.99. The Labute approximate surface area is 115 Å². The van der Waals surface area contributed by atoms with Crippen LogP contribution in [-0.2, 0) is 16.6 Å². The smallest absolute Gasteiger partial charge is 0.243 e. The Morgan fingerprint density at radius 1 is 1.26 bits per heavy atom. The van der Waals surface area contributed by atoms with E-state index in [0.29, 0.717) is 11.4 Å². The summed E-state index contributed by atoms with van der Waals surface area (Å²) in [5, 5.41) is 3.02. The molecule has 0 unspecified atom stereocenters. The number of sulfonamides is 1. The maximum absolute atomic E-state index is 12.7.